The summed E-state index contributed by atoms with van der Waals surface area (Å²) in [6.45, 7) is 4.02. The summed E-state index contributed by atoms with van der Waals surface area (Å²) < 4.78 is 0. The Kier molecular flexibility index (Phi) is 4.64. The molecule has 0 unspecified atom stereocenters. The van der Waals surface area contributed by atoms with Crippen LogP contribution in [-0.4, -0.2) is 42.6 Å². The van der Waals surface area contributed by atoms with Gasteiger partial charge in [0.15, 0.2) is 0 Å². The van der Waals surface area contributed by atoms with Crippen LogP contribution in [0.25, 0.3) is 0 Å². The van der Waals surface area contributed by atoms with Crippen LogP contribution in [0.1, 0.15) is 32.6 Å². The number of rotatable bonds is 6. The number of nitrogens with zero attached hydrogens (tertiary/aromatic N) is 2. The minimum Gasteiger partial charge on any atom is -0.384 e. The molecule has 1 aromatic rings. The van der Waals surface area contributed by atoms with Crippen molar-refractivity contribution in [2.75, 3.05) is 37.8 Å². The van der Waals surface area contributed by atoms with E-state index in [9.17, 15) is 0 Å². The molecule has 1 aliphatic rings. The second-order valence-corrected chi connectivity index (χ2v) is 5.67. The highest BCUT2D eigenvalue weighted by Crippen LogP contribution is 2.34. The SMILES string of the molecule is CCNc1cncc(NCC2(N(C)C)CCCC2)c1. The number of hydrogen-bond acceptors (Lipinski definition) is 4. The van der Waals surface area contributed by atoms with Gasteiger partial charge in [0.25, 0.3) is 0 Å². The predicted molar refractivity (Wildman–Crippen MR) is 81.8 cm³/mol. The van der Waals surface area contributed by atoms with Crippen LogP contribution in [0, 0.1) is 0 Å². The molecule has 106 valence electrons. The lowest BCUT2D eigenvalue weighted by molar-refractivity contribution is 0.172. The van der Waals surface area contributed by atoms with E-state index in [2.05, 4.69) is 47.6 Å². The average molecular weight is 262 g/mol. The number of nitrogens with one attached hydrogen (secondary N) is 2. The second kappa shape index (κ2) is 6.24. The van der Waals surface area contributed by atoms with E-state index >= 15 is 0 Å². The van der Waals surface area contributed by atoms with Gasteiger partial charge in [-0.05, 0) is 39.9 Å². The van der Waals surface area contributed by atoms with E-state index in [0.29, 0.717) is 5.54 Å². The maximum Gasteiger partial charge on any atom is 0.0548 e. The zero-order valence-corrected chi connectivity index (χ0v) is 12.4. The quantitative estimate of drug-likeness (QED) is 0.827. The van der Waals surface area contributed by atoms with Crippen LogP contribution in [0.3, 0.4) is 0 Å². The van der Waals surface area contributed by atoms with Crippen LogP contribution in [0.2, 0.25) is 0 Å². The van der Waals surface area contributed by atoms with E-state index in [1.807, 2.05) is 12.4 Å². The van der Waals surface area contributed by atoms with E-state index in [-0.39, 0.29) is 0 Å². The molecule has 1 aromatic heterocycles. The van der Waals surface area contributed by atoms with Gasteiger partial charge in [0.05, 0.1) is 23.8 Å². The monoisotopic (exact) mass is 262 g/mol. The fourth-order valence-electron chi connectivity index (χ4n) is 2.92. The fraction of sp³-hybridized carbons (Fsp3) is 0.667. The standard InChI is InChI=1S/C15H26N4/c1-4-17-13-9-14(11-16-10-13)18-12-15(19(2)3)7-5-6-8-15/h9-11,17-18H,4-8,12H2,1-3H3. The molecule has 4 nitrogen and oxygen atoms in total. The summed E-state index contributed by atoms with van der Waals surface area (Å²) in [7, 11) is 4.39. The molecule has 2 N–H and O–H groups in total. The highest BCUT2D eigenvalue weighted by molar-refractivity contribution is 5.54. The van der Waals surface area contributed by atoms with Crippen molar-refractivity contribution in [3.05, 3.63) is 18.5 Å². The molecule has 1 fully saturated rings. The smallest absolute Gasteiger partial charge is 0.0548 e. The molecule has 0 bridgehead atoms. The highest BCUT2D eigenvalue weighted by Gasteiger charge is 2.35. The first-order valence-electron chi connectivity index (χ1n) is 7.26. The largest absolute Gasteiger partial charge is 0.384 e. The normalized spacial score (nSPS) is 17.7. The summed E-state index contributed by atoms with van der Waals surface area (Å²) in [5, 5.41) is 6.86. The molecule has 0 amide bonds. The van der Waals surface area contributed by atoms with Crippen LogP contribution in [0.4, 0.5) is 11.4 Å². The molecule has 0 aromatic carbocycles. The van der Waals surface area contributed by atoms with Crippen molar-refractivity contribution < 1.29 is 0 Å². The van der Waals surface area contributed by atoms with Crippen LogP contribution in [-0.2, 0) is 0 Å². The minimum atomic E-state index is 0.314. The second-order valence-electron chi connectivity index (χ2n) is 5.67. The van der Waals surface area contributed by atoms with Gasteiger partial charge < -0.3 is 15.5 Å². The predicted octanol–water partition coefficient (Wildman–Crippen LogP) is 2.80. The third-order valence-electron chi connectivity index (χ3n) is 4.22. The van der Waals surface area contributed by atoms with E-state index < -0.39 is 0 Å². The van der Waals surface area contributed by atoms with Gasteiger partial charge in [-0.25, -0.2) is 0 Å². The van der Waals surface area contributed by atoms with Gasteiger partial charge in [0.2, 0.25) is 0 Å². The van der Waals surface area contributed by atoms with Crippen molar-refractivity contribution in [1.29, 1.82) is 0 Å². The topological polar surface area (TPSA) is 40.2 Å². The zero-order chi connectivity index (χ0) is 13.7. The van der Waals surface area contributed by atoms with Gasteiger partial charge in [-0.1, -0.05) is 12.8 Å². The maximum absolute atomic E-state index is 4.28. The molecule has 0 atom stereocenters. The number of pyridine rings is 1. The van der Waals surface area contributed by atoms with Gasteiger partial charge in [-0.2, -0.15) is 0 Å². The van der Waals surface area contributed by atoms with Crippen LogP contribution in [0.15, 0.2) is 18.5 Å². The molecular formula is C15H26N4. The first-order valence-corrected chi connectivity index (χ1v) is 7.26. The van der Waals surface area contributed by atoms with E-state index in [1.54, 1.807) is 0 Å². The molecule has 1 heterocycles. The third-order valence-corrected chi connectivity index (χ3v) is 4.22. The lowest BCUT2D eigenvalue weighted by atomic mass is 9.96. The van der Waals surface area contributed by atoms with Gasteiger partial charge >= 0.3 is 0 Å². The maximum atomic E-state index is 4.28. The molecule has 0 saturated heterocycles. The number of anilines is 2. The Morgan fingerprint density at radius 1 is 1.16 bits per heavy atom. The van der Waals surface area contributed by atoms with Crippen LogP contribution in [0.5, 0.6) is 0 Å². The van der Waals surface area contributed by atoms with Crippen molar-refractivity contribution in [2.45, 2.75) is 38.1 Å². The lowest BCUT2D eigenvalue weighted by Crippen LogP contribution is -2.47. The van der Waals surface area contributed by atoms with Gasteiger partial charge in [-0.15, -0.1) is 0 Å². The Labute approximate surface area is 116 Å². The average Bonchev–Trinajstić information content (AvgIpc) is 2.87. The Hall–Kier alpha value is -1.29. The summed E-state index contributed by atoms with van der Waals surface area (Å²) >= 11 is 0. The van der Waals surface area contributed by atoms with Gasteiger partial charge in [0.1, 0.15) is 0 Å². The fourth-order valence-corrected chi connectivity index (χ4v) is 2.92. The van der Waals surface area contributed by atoms with Gasteiger partial charge in [0, 0.05) is 18.6 Å². The first kappa shape index (κ1) is 14.1. The van der Waals surface area contributed by atoms with E-state index in [4.69, 9.17) is 0 Å². The Morgan fingerprint density at radius 2 is 1.79 bits per heavy atom. The molecule has 0 radical (unpaired) electrons. The third kappa shape index (κ3) is 3.38. The molecule has 19 heavy (non-hydrogen) atoms. The highest BCUT2D eigenvalue weighted by atomic mass is 15.2. The molecule has 1 aliphatic carbocycles. The van der Waals surface area contributed by atoms with Crippen LogP contribution >= 0.6 is 0 Å². The molecule has 4 heteroatoms. The summed E-state index contributed by atoms with van der Waals surface area (Å²) in [5.74, 6) is 0. The molecule has 0 spiro atoms. The van der Waals surface area contributed by atoms with Crippen molar-refractivity contribution in [1.82, 2.24) is 9.88 Å². The number of hydrogen-bond donors (Lipinski definition) is 2. The van der Waals surface area contributed by atoms with Crippen molar-refractivity contribution in [2.24, 2.45) is 0 Å². The molecule has 2 rings (SSSR count). The molecule has 1 saturated carbocycles. The Bertz CT molecular complexity index is 397. The zero-order valence-electron chi connectivity index (χ0n) is 12.4. The number of likely N-dealkylation sites (N-methyl/N-ethyl adjacent to an activating group) is 1. The summed E-state index contributed by atoms with van der Waals surface area (Å²) in [5.41, 5.74) is 2.50. The molecule has 0 aliphatic heterocycles. The Balaban J connectivity index is 1.99. The van der Waals surface area contributed by atoms with E-state index in [1.165, 1.54) is 25.7 Å². The van der Waals surface area contributed by atoms with Crippen LogP contribution < -0.4 is 10.6 Å². The lowest BCUT2D eigenvalue weighted by Gasteiger charge is -2.36. The summed E-state index contributed by atoms with van der Waals surface area (Å²) in [4.78, 5) is 6.66. The van der Waals surface area contributed by atoms with Crippen molar-refractivity contribution in [3.63, 3.8) is 0 Å². The van der Waals surface area contributed by atoms with Gasteiger partial charge in [-0.3, -0.25) is 4.98 Å². The number of aromatic nitrogens is 1. The van der Waals surface area contributed by atoms with E-state index in [0.717, 1.165) is 24.5 Å². The van der Waals surface area contributed by atoms with Crippen molar-refractivity contribution >= 4 is 11.4 Å². The Morgan fingerprint density at radius 3 is 2.37 bits per heavy atom. The van der Waals surface area contributed by atoms with Crippen molar-refractivity contribution in [3.8, 4) is 0 Å². The summed E-state index contributed by atoms with van der Waals surface area (Å²) in [6.07, 6.45) is 9.02. The molecular weight excluding hydrogens is 236 g/mol. The minimum absolute atomic E-state index is 0.314. The summed E-state index contributed by atoms with van der Waals surface area (Å²) in [6, 6.07) is 2.13. The first-order chi connectivity index (χ1) is 9.16.